The highest BCUT2D eigenvalue weighted by molar-refractivity contribution is 7.90. The summed E-state index contributed by atoms with van der Waals surface area (Å²) < 4.78 is 27.6. The minimum absolute atomic E-state index is 0.0381. The Bertz CT molecular complexity index is 1030. The van der Waals surface area contributed by atoms with Gasteiger partial charge in [-0.3, -0.25) is 4.79 Å². The van der Waals surface area contributed by atoms with Crippen LogP contribution in [-0.2, 0) is 16.4 Å². The molecule has 0 bridgehead atoms. The number of nitrogens with zero attached hydrogens (tertiary/aromatic N) is 2. The van der Waals surface area contributed by atoms with E-state index in [1.807, 2.05) is 13.8 Å². The highest BCUT2D eigenvalue weighted by Crippen LogP contribution is 2.20. The average molecular weight is 370 g/mol. The Balaban J connectivity index is 1.93. The molecule has 0 aliphatic heterocycles. The highest BCUT2D eigenvalue weighted by Gasteiger charge is 2.22. The number of hydrogen-bond donors (Lipinski definition) is 2. The zero-order valence-electron chi connectivity index (χ0n) is 14.4. The van der Waals surface area contributed by atoms with E-state index in [0.717, 1.165) is 11.1 Å². The summed E-state index contributed by atoms with van der Waals surface area (Å²) in [6, 6.07) is 6.44. The van der Waals surface area contributed by atoms with Crippen LogP contribution in [0, 0.1) is 13.8 Å². The molecule has 0 aliphatic carbocycles. The van der Waals surface area contributed by atoms with Crippen molar-refractivity contribution in [2.75, 3.05) is 0 Å². The van der Waals surface area contributed by atoms with E-state index < -0.39 is 15.9 Å². The van der Waals surface area contributed by atoms with Crippen LogP contribution in [0.5, 0.6) is 0 Å². The topological polar surface area (TPSA) is 105 Å². The molecule has 26 heavy (non-hydrogen) atoms. The molecule has 0 fully saturated rings. The first kappa shape index (κ1) is 17.8. The van der Waals surface area contributed by atoms with Crippen molar-refractivity contribution >= 4 is 15.9 Å². The molecular weight excluding hydrogens is 352 g/mol. The molecule has 1 aromatic carbocycles. The van der Waals surface area contributed by atoms with Crippen molar-refractivity contribution in [2.45, 2.75) is 25.2 Å². The van der Waals surface area contributed by atoms with Crippen LogP contribution in [0.4, 0.5) is 0 Å². The normalized spacial score (nSPS) is 11.3. The van der Waals surface area contributed by atoms with Crippen LogP contribution in [0.3, 0.4) is 0 Å². The molecule has 1 amide bonds. The van der Waals surface area contributed by atoms with Crippen molar-refractivity contribution in [1.29, 1.82) is 0 Å². The zero-order chi connectivity index (χ0) is 18.7. The number of amides is 1. The molecule has 0 unspecified atom stereocenters. The van der Waals surface area contributed by atoms with Crippen LogP contribution in [0.2, 0.25) is 0 Å². The maximum atomic E-state index is 12.7. The summed E-state index contributed by atoms with van der Waals surface area (Å²) in [6.45, 7) is 3.75. The van der Waals surface area contributed by atoms with Gasteiger partial charge in [0, 0.05) is 31.2 Å². The monoisotopic (exact) mass is 370 g/mol. The first-order valence-electron chi connectivity index (χ1n) is 7.92. The molecular formula is C18H18N4O3S. The van der Waals surface area contributed by atoms with Gasteiger partial charge in [0.15, 0.2) is 0 Å². The molecule has 3 aromatic rings. The number of aromatic nitrogens is 3. The Hall–Kier alpha value is -3.00. The maximum absolute atomic E-state index is 12.7. The van der Waals surface area contributed by atoms with E-state index >= 15 is 0 Å². The second kappa shape index (κ2) is 7.09. The maximum Gasteiger partial charge on any atom is 0.266 e. The third-order valence-corrected chi connectivity index (χ3v) is 5.21. The van der Waals surface area contributed by atoms with Crippen molar-refractivity contribution in [2.24, 2.45) is 0 Å². The van der Waals surface area contributed by atoms with Gasteiger partial charge >= 0.3 is 0 Å². The fourth-order valence-electron chi connectivity index (χ4n) is 2.49. The lowest BCUT2D eigenvalue weighted by Crippen LogP contribution is -2.31. The Morgan fingerprint density at radius 3 is 2.50 bits per heavy atom. The van der Waals surface area contributed by atoms with Crippen molar-refractivity contribution in [3.63, 3.8) is 0 Å². The van der Waals surface area contributed by atoms with Crippen molar-refractivity contribution in [1.82, 2.24) is 19.7 Å². The number of aromatic amines is 1. The number of aryl methyl sites for hydroxylation is 2. The van der Waals surface area contributed by atoms with Gasteiger partial charge in [-0.15, -0.1) is 0 Å². The molecule has 8 heteroatoms. The van der Waals surface area contributed by atoms with Crippen LogP contribution in [0.15, 0.2) is 53.9 Å². The van der Waals surface area contributed by atoms with E-state index in [1.54, 1.807) is 30.7 Å². The van der Waals surface area contributed by atoms with Gasteiger partial charge < -0.3 is 4.98 Å². The molecule has 0 radical (unpaired) electrons. The number of carbonyl (C=O) groups excluding carboxylic acids is 1. The summed E-state index contributed by atoms with van der Waals surface area (Å²) >= 11 is 0. The number of H-pyrrole nitrogens is 1. The summed E-state index contributed by atoms with van der Waals surface area (Å²) in [5, 5.41) is 0. The molecule has 134 valence electrons. The van der Waals surface area contributed by atoms with Gasteiger partial charge in [0.25, 0.3) is 15.9 Å². The van der Waals surface area contributed by atoms with E-state index in [0.29, 0.717) is 11.4 Å². The first-order valence-corrected chi connectivity index (χ1v) is 9.40. The molecule has 0 atom stereocenters. The van der Waals surface area contributed by atoms with Crippen molar-refractivity contribution in [3.8, 4) is 0 Å². The number of carbonyl (C=O) groups is 1. The molecule has 2 aromatic heterocycles. The quantitative estimate of drug-likeness (QED) is 0.716. The Kier molecular flexibility index (Phi) is 4.85. The molecule has 2 heterocycles. The highest BCUT2D eigenvalue weighted by atomic mass is 32.2. The van der Waals surface area contributed by atoms with Gasteiger partial charge in [0.1, 0.15) is 5.82 Å². The van der Waals surface area contributed by atoms with Crippen LogP contribution in [0.1, 0.15) is 32.9 Å². The second-order valence-electron chi connectivity index (χ2n) is 6.00. The van der Waals surface area contributed by atoms with Crippen molar-refractivity contribution < 1.29 is 13.2 Å². The van der Waals surface area contributed by atoms with Gasteiger partial charge in [-0.1, -0.05) is 17.7 Å². The van der Waals surface area contributed by atoms with Gasteiger partial charge in [-0.25, -0.2) is 23.1 Å². The van der Waals surface area contributed by atoms with Gasteiger partial charge in [-0.2, -0.15) is 0 Å². The van der Waals surface area contributed by atoms with E-state index in [9.17, 15) is 13.2 Å². The third-order valence-electron chi connectivity index (χ3n) is 3.78. The van der Waals surface area contributed by atoms with E-state index in [2.05, 4.69) is 19.7 Å². The number of nitrogens with one attached hydrogen (secondary N) is 2. The first-order chi connectivity index (χ1) is 12.3. The lowest BCUT2D eigenvalue weighted by Gasteiger charge is -2.12. The summed E-state index contributed by atoms with van der Waals surface area (Å²) in [6.07, 6.45) is 6.59. The summed E-state index contributed by atoms with van der Waals surface area (Å²) in [4.78, 5) is 23.4. The number of sulfonamides is 1. The molecule has 3 rings (SSSR count). The van der Waals surface area contributed by atoms with Crippen molar-refractivity contribution in [3.05, 3.63) is 77.1 Å². The van der Waals surface area contributed by atoms with E-state index in [1.165, 1.54) is 18.3 Å². The van der Waals surface area contributed by atoms with Gasteiger partial charge in [0.05, 0.1) is 10.5 Å². The fourth-order valence-corrected chi connectivity index (χ4v) is 3.69. The average Bonchev–Trinajstić information content (AvgIpc) is 3.11. The summed E-state index contributed by atoms with van der Waals surface area (Å²) in [5.74, 6) is -0.182. The van der Waals surface area contributed by atoms with Crippen LogP contribution < -0.4 is 4.72 Å². The number of benzene rings is 1. The van der Waals surface area contributed by atoms with E-state index in [-0.39, 0.29) is 16.9 Å². The predicted molar refractivity (Wildman–Crippen MR) is 96.2 cm³/mol. The predicted octanol–water partition coefficient (Wildman–Crippen LogP) is 2.13. The molecule has 0 aliphatic rings. The van der Waals surface area contributed by atoms with Gasteiger partial charge in [-0.05, 0) is 37.1 Å². The number of rotatable bonds is 5. The second-order valence-corrected chi connectivity index (χ2v) is 7.65. The SMILES string of the molecule is Cc1cnc(Cc2cc(C)ccc2S(=O)(=O)NC(=O)c2cc[nH]c2)nc1. The van der Waals surface area contributed by atoms with Crippen LogP contribution >= 0.6 is 0 Å². The Labute approximate surface area is 151 Å². The zero-order valence-corrected chi connectivity index (χ0v) is 15.2. The Morgan fingerprint density at radius 2 is 1.85 bits per heavy atom. The molecule has 0 saturated carbocycles. The number of hydrogen-bond acceptors (Lipinski definition) is 5. The molecule has 7 nitrogen and oxygen atoms in total. The lowest BCUT2D eigenvalue weighted by atomic mass is 10.1. The van der Waals surface area contributed by atoms with Crippen LogP contribution in [0.25, 0.3) is 0 Å². The smallest absolute Gasteiger partial charge is 0.266 e. The summed E-state index contributed by atoms with van der Waals surface area (Å²) in [7, 11) is -4.03. The van der Waals surface area contributed by atoms with Gasteiger partial charge in [0.2, 0.25) is 0 Å². The summed E-state index contributed by atoms with van der Waals surface area (Å²) in [5.41, 5.74) is 2.60. The standard InChI is InChI=1S/C18H18N4O3S/c1-12-3-4-16(15(7-12)8-17-20-9-13(2)10-21-17)26(24,25)22-18(23)14-5-6-19-11-14/h3-7,9-11,19H,8H2,1-2H3,(H,22,23). The lowest BCUT2D eigenvalue weighted by molar-refractivity contribution is 0.0981. The van der Waals surface area contributed by atoms with Crippen LogP contribution in [-0.4, -0.2) is 29.3 Å². The largest absolute Gasteiger partial charge is 0.367 e. The Morgan fingerprint density at radius 1 is 1.12 bits per heavy atom. The van der Waals surface area contributed by atoms with E-state index in [4.69, 9.17) is 0 Å². The fraction of sp³-hybridized carbons (Fsp3) is 0.167. The molecule has 0 spiro atoms. The minimum Gasteiger partial charge on any atom is -0.367 e. The molecule has 2 N–H and O–H groups in total. The molecule has 0 saturated heterocycles. The minimum atomic E-state index is -4.03. The third kappa shape index (κ3) is 3.97.